The number of carboxylic acids is 1. The van der Waals surface area contributed by atoms with Gasteiger partial charge in [0.15, 0.2) is 5.78 Å². The number of aliphatic carboxylic acids is 1. The molecule has 19 heavy (non-hydrogen) atoms. The highest BCUT2D eigenvalue weighted by Crippen LogP contribution is 2.31. The normalized spacial score (nSPS) is 24.2. The predicted octanol–water partition coefficient (Wildman–Crippen LogP) is 1.82. The molecule has 0 aliphatic carbocycles. The lowest BCUT2D eigenvalue weighted by atomic mass is 9.84. The first-order valence-corrected chi connectivity index (χ1v) is 6.38. The summed E-state index contributed by atoms with van der Waals surface area (Å²) in [5, 5.41) is 9.43. The van der Waals surface area contributed by atoms with Gasteiger partial charge in [-0.1, -0.05) is 6.92 Å². The molecule has 1 aliphatic heterocycles. The molecule has 0 aromatic heterocycles. The van der Waals surface area contributed by atoms with Gasteiger partial charge in [0, 0.05) is 6.42 Å². The Hall–Kier alpha value is -1.59. The van der Waals surface area contributed by atoms with Crippen molar-refractivity contribution in [1.82, 2.24) is 4.90 Å². The molecule has 0 aromatic carbocycles. The minimum absolute atomic E-state index is 0.136. The van der Waals surface area contributed by atoms with Crippen molar-refractivity contribution in [3.63, 3.8) is 0 Å². The molecule has 108 valence electrons. The number of ketones is 1. The standard InChI is InChI=1S/C13H21NO5/c1-5-13(10(16)17)7-6-9(15)8-14(13)11(18)19-12(2,3)4/h5-8H2,1-4H3,(H,16,17)/t13-/m1/s1. The molecular weight excluding hydrogens is 250 g/mol. The van der Waals surface area contributed by atoms with Gasteiger partial charge < -0.3 is 9.84 Å². The Morgan fingerprint density at radius 1 is 1.42 bits per heavy atom. The van der Waals surface area contributed by atoms with E-state index in [9.17, 15) is 19.5 Å². The van der Waals surface area contributed by atoms with Crippen LogP contribution in [0, 0.1) is 0 Å². The number of carbonyl (C=O) groups excluding carboxylic acids is 2. The topological polar surface area (TPSA) is 83.9 Å². The number of Topliss-reactive ketones (excluding diaryl/α,β-unsaturated/α-hetero) is 1. The van der Waals surface area contributed by atoms with Gasteiger partial charge in [0.2, 0.25) is 0 Å². The first kappa shape index (κ1) is 15.5. The van der Waals surface area contributed by atoms with E-state index in [1.807, 2.05) is 0 Å². The minimum Gasteiger partial charge on any atom is -0.479 e. The molecule has 1 atom stereocenters. The van der Waals surface area contributed by atoms with Crippen LogP contribution >= 0.6 is 0 Å². The summed E-state index contributed by atoms with van der Waals surface area (Å²) in [5.74, 6) is -1.23. The van der Waals surface area contributed by atoms with Gasteiger partial charge in [-0.2, -0.15) is 0 Å². The summed E-state index contributed by atoms with van der Waals surface area (Å²) in [6.07, 6.45) is -0.185. The van der Waals surface area contributed by atoms with E-state index >= 15 is 0 Å². The van der Waals surface area contributed by atoms with Gasteiger partial charge in [-0.05, 0) is 33.6 Å². The number of nitrogens with zero attached hydrogens (tertiary/aromatic N) is 1. The Morgan fingerprint density at radius 2 is 2.00 bits per heavy atom. The van der Waals surface area contributed by atoms with Gasteiger partial charge in [0.25, 0.3) is 0 Å². The quantitative estimate of drug-likeness (QED) is 0.828. The Balaban J connectivity index is 3.06. The molecule has 1 heterocycles. The van der Waals surface area contributed by atoms with Gasteiger partial charge in [0.1, 0.15) is 11.1 Å². The third-order valence-electron chi connectivity index (χ3n) is 3.27. The van der Waals surface area contributed by atoms with E-state index in [1.54, 1.807) is 27.7 Å². The third kappa shape index (κ3) is 3.24. The van der Waals surface area contributed by atoms with Gasteiger partial charge >= 0.3 is 12.1 Å². The predicted molar refractivity (Wildman–Crippen MR) is 67.8 cm³/mol. The summed E-state index contributed by atoms with van der Waals surface area (Å²) >= 11 is 0. The zero-order valence-corrected chi connectivity index (χ0v) is 11.9. The molecule has 0 unspecified atom stereocenters. The second-order valence-electron chi connectivity index (χ2n) is 5.80. The maximum atomic E-state index is 12.1. The number of carbonyl (C=O) groups is 3. The molecule has 1 saturated heterocycles. The van der Waals surface area contributed by atoms with E-state index in [0.29, 0.717) is 0 Å². The smallest absolute Gasteiger partial charge is 0.411 e. The Bertz CT molecular complexity index is 398. The highest BCUT2D eigenvalue weighted by Gasteiger charge is 2.50. The Morgan fingerprint density at radius 3 is 2.42 bits per heavy atom. The number of likely N-dealkylation sites (tertiary alicyclic amines) is 1. The summed E-state index contributed by atoms with van der Waals surface area (Å²) in [5.41, 5.74) is -2.06. The number of rotatable bonds is 2. The van der Waals surface area contributed by atoms with E-state index in [2.05, 4.69) is 0 Å². The average molecular weight is 271 g/mol. The summed E-state index contributed by atoms with van der Waals surface area (Å²) in [7, 11) is 0. The molecule has 6 heteroatoms. The molecule has 1 rings (SSSR count). The van der Waals surface area contributed by atoms with Gasteiger partial charge in [-0.3, -0.25) is 9.69 Å². The van der Waals surface area contributed by atoms with E-state index in [1.165, 1.54) is 0 Å². The van der Waals surface area contributed by atoms with Crippen molar-refractivity contribution >= 4 is 17.8 Å². The van der Waals surface area contributed by atoms with E-state index in [-0.39, 0.29) is 31.6 Å². The van der Waals surface area contributed by atoms with Gasteiger partial charge in [-0.15, -0.1) is 0 Å². The second-order valence-corrected chi connectivity index (χ2v) is 5.80. The van der Waals surface area contributed by atoms with Crippen molar-refractivity contribution in [2.75, 3.05) is 6.54 Å². The SMILES string of the molecule is CC[C@]1(C(=O)O)CCC(=O)CN1C(=O)OC(C)(C)C. The molecule has 6 nitrogen and oxygen atoms in total. The second kappa shape index (κ2) is 5.19. The number of amides is 1. The summed E-state index contributed by atoms with van der Waals surface area (Å²) < 4.78 is 5.20. The highest BCUT2D eigenvalue weighted by molar-refractivity contribution is 5.92. The molecule has 0 saturated carbocycles. The Kier molecular flexibility index (Phi) is 4.22. The molecule has 0 aromatic rings. The van der Waals surface area contributed by atoms with Crippen molar-refractivity contribution in [2.45, 2.75) is 58.1 Å². The summed E-state index contributed by atoms with van der Waals surface area (Å²) in [4.78, 5) is 36.2. The molecule has 0 radical (unpaired) electrons. The van der Waals surface area contributed by atoms with Gasteiger partial charge in [0.05, 0.1) is 6.54 Å². The fraction of sp³-hybridized carbons (Fsp3) is 0.769. The van der Waals surface area contributed by atoms with Crippen LogP contribution in [0.1, 0.15) is 47.0 Å². The molecule has 0 bridgehead atoms. The number of hydrogen-bond acceptors (Lipinski definition) is 4. The van der Waals surface area contributed by atoms with E-state index in [0.717, 1.165) is 4.90 Å². The fourth-order valence-electron chi connectivity index (χ4n) is 2.19. The monoisotopic (exact) mass is 271 g/mol. The van der Waals surface area contributed by atoms with Crippen LogP contribution in [0.3, 0.4) is 0 Å². The Labute approximate surface area is 112 Å². The molecule has 1 N–H and O–H groups in total. The maximum absolute atomic E-state index is 12.1. The fourth-order valence-corrected chi connectivity index (χ4v) is 2.19. The minimum atomic E-state index is -1.34. The van der Waals surface area contributed by atoms with Crippen molar-refractivity contribution in [2.24, 2.45) is 0 Å². The van der Waals surface area contributed by atoms with Crippen LogP contribution in [0.25, 0.3) is 0 Å². The number of ether oxygens (including phenoxy) is 1. The zero-order valence-electron chi connectivity index (χ0n) is 11.9. The zero-order chi connectivity index (χ0) is 14.8. The molecule has 0 spiro atoms. The van der Waals surface area contributed by atoms with Crippen LogP contribution in [0.5, 0.6) is 0 Å². The van der Waals surface area contributed by atoms with Crippen LogP contribution < -0.4 is 0 Å². The number of piperidine rings is 1. The lowest BCUT2D eigenvalue weighted by Crippen LogP contribution is -2.61. The molecule has 1 fully saturated rings. The molecule has 1 amide bonds. The average Bonchev–Trinajstić information content (AvgIpc) is 2.26. The van der Waals surface area contributed by atoms with Crippen LogP contribution in [0.2, 0.25) is 0 Å². The van der Waals surface area contributed by atoms with E-state index < -0.39 is 23.2 Å². The van der Waals surface area contributed by atoms with Crippen molar-refractivity contribution < 1.29 is 24.2 Å². The maximum Gasteiger partial charge on any atom is 0.411 e. The van der Waals surface area contributed by atoms with Crippen LogP contribution in [0.4, 0.5) is 4.79 Å². The largest absolute Gasteiger partial charge is 0.479 e. The van der Waals surface area contributed by atoms with Crippen LogP contribution in [-0.4, -0.2) is 45.5 Å². The summed E-state index contributed by atoms with van der Waals surface area (Å²) in [6.45, 7) is 6.59. The molecule has 1 aliphatic rings. The third-order valence-corrected chi connectivity index (χ3v) is 3.27. The lowest BCUT2D eigenvalue weighted by Gasteiger charge is -2.42. The summed E-state index contributed by atoms with van der Waals surface area (Å²) in [6, 6.07) is 0. The van der Waals surface area contributed by atoms with Crippen LogP contribution in [-0.2, 0) is 14.3 Å². The first-order valence-electron chi connectivity index (χ1n) is 6.38. The first-order chi connectivity index (χ1) is 8.62. The van der Waals surface area contributed by atoms with Gasteiger partial charge in [-0.25, -0.2) is 9.59 Å². The van der Waals surface area contributed by atoms with Crippen LogP contribution in [0.15, 0.2) is 0 Å². The highest BCUT2D eigenvalue weighted by atomic mass is 16.6. The lowest BCUT2D eigenvalue weighted by molar-refractivity contribution is -0.155. The number of hydrogen-bond donors (Lipinski definition) is 1. The molecular formula is C13H21NO5. The van der Waals surface area contributed by atoms with E-state index in [4.69, 9.17) is 4.74 Å². The number of carboxylic acid groups (broad SMARTS) is 1. The van der Waals surface area contributed by atoms with Crippen molar-refractivity contribution in [1.29, 1.82) is 0 Å². The van der Waals surface area contributed by atoms with Crippen molar-refractivity contribution in [3.05, 3.63) is 0 Å². The van der Waals surface area contributed by atoms with Crippen molar-refractivity contribution in [3.8, 4) is 0 Å².